The van der Waals surface area contributed by atoms with Crippen LogP contribution in [0.1, 0.15) is 37.9 Å². The minimum Gasteiger partial charge on any atom is -0.298 e. The zero-order chi connectivity index (χ0) is 16.9. The Kier molecular flexibility index (Phi) is 5.70. The lowest BCUT2D eigenvalue weighted by molar-refractivity contribution is 0.0387. The maximum absolute atomic E-state index is 2.68. The van der Waals surface area contributed by atoms with Gasteiger partial charge >= 0.3 is 0 Å². The highest BCUT2D eigenvalue weighted by Gasteiger charge is 2.32. The molecule has 128 valence electrons. The molecule has 0 aromatic heterocycles. The SMILES string of the molecule is CCN1CCN(C(c2ccccc2)c2ccccc2)C[C@@H]1C(C)C. The molecule has 2 heteroatoms. The summed E-state index contributed by atoms with van der Waals surface area (Å²) in [5.74, 6) is 0.681. The molecule has 1 fully saturated rings. The fraction of sp³-hybridized carbons (Fsp3) is 0.455. The van der Waals surface area contributed by atoms with E-state index in [-0.39, 0.29) is 0 Å². The first-order chi connectivity index (χ1) is 11.7. The standard InChI is InChI=1S/C22H30N2/c1-4-23-15-16-24(17-21(23)18(2)3)22(19-11-7-5-8-12-19)20-13-9-6-10-14-20/h5-14,18,21-22H,4,15-17H2,1-3H3/t21-/m1/s1. The van der Waals surface area contributed by atoms with Crippen LogP contribution >= 0.6 is 0 Å². The van der Waals surface area contributed by atoms with Gasteiger partial charge in [0.1, 0.15) is 0 Å². The molecule has 0 radical (unpaired) electrons. The number of hydrogen-bond acceptors (Lipinski definition) is 2. The summed E-state index contributed by atoms with van der Waals surface area (Å²) in [5, 5.41) is 0. The topological polar surface area (TPSA) is 6.48 Å². The van der Waals surface area contributed by atoms with Gasteiger partial charge in [-0.15, -0.1) is 0 Å². The Morgan fingerprint density at radius 1 is 0.875 bits per heavy atom. The number of hydrogen-bond donors (Lipinski definition) is 0. The van der Waals surface area contributed by atoms with Crippen molar-refractivity contribution in [3.8, 4) is 0 Å². The van der Waals surface area contributed by atoms with Gasteiger partial charge in [-0.05, 0) is 23.6 Å². The molecular weight excluding hydrogens is 292 g/mol. The van der Waals surface area contributed by atoms with Gasteiger partial charge in [-0.25, -0.2) is 0 Å². The first-order valence-corrected chi connectivity index (χ1v) is 9.28. The van der Waals surface area contributed by atoms with Crippen molar-refractivity contribution in [3.05, 3.63) is 71.8 Å². The maximum Gasteiger partial charge on any atom is 0.0602 e. The highest BCUT2D eigenvalue weighted by atomic mass is 15.3. The number of benzene rings is 2. The molecule has 1 saturated heterocycles. The molecule has 1 atom stereocenters. The lowest BCUT2D eigenvalue weighted by Crippen LogP contribution is -2.55. The normalized spacial score (nSPS) is 20.0. The van der Waals surface area contributed by atoms with Crippen LogP contribution in [0.25, 0.3) is 0 Å². The van der Waals surface area contributed by atoms with Crippen molar-refractivity contribution in [2.45, 2.75) is 32.9 Å². The minimum absolute atomic E-state index is 0.354. The first-order valence-electron chi connectivity index (χ1n) is 9.28. The van der Waals surface area contributed by atoms with Crippen molar-refractivity contribution in [1.82, 2.24) is 9.80 Å². The molecular formula is C22H30N2. The molecule has 0 N–H and O–H groups in total. The molecule has 0 bridgehead atoms. The highest BCUT2D eigenvalue weighted by Crippen LogP contribution is 2.31. The van der Waals surface area contributed by atoms with Crippen LogP contribution in [0.2, 0.25) is 0 Å². The fourth-order valence-electron chi connectivity index (χ4n) is 4.01. The maximum atomic E-state index is 2.68. The Balaban J connectivity index is 1.92. The van der Waals surface area contributed by atoms with E-state index in [0.29, 0.717) is 18.0 Å². The average molecular weight is 322 g/mol. The summed E-state index contributed by atoms with van der Waals surface area (Å²) in [5.41, 5.74) is 2.80. The summed E-state index contributed by atoms with van der Waals surface area (Å²) < 4.78 is 0. The lowest BCUT2D eigenvalue weighted by Gasteiger charge is -2.46. The summed E-state index contributed by atoms with van der Waals surface area (Å²) in [6.07, 6.45) is 0. The monoisotopic (exact) mass is 322 g/mol. The molecule has 0 saturated carbocycles. The second-order valence-corrected chi connectivity index (χ2v) is 7.16. The van der Waals surface area contributed by atoms with Gasteiger partial charge in [-0.2, -0.15) is 0 Å². The third-order valence-corrected chi connectivity index (χ3v) is 5.34. The van der Waals surface area contributed by atoms with E-state index in [9.17, 15) is 0 Å². The molecule has 1 heterocycles. The van der Waals surface area contributed by atoms with Crippen LogP contribution < -0.4 is 0 Å². The third-order valence-electron chi connectivity index (χ3n) is 5.34. The zero-order valence-corrected chi connectivity index (χ0v) is 15.2. The third kappa shape index (κ3) is 3.71. The first kappa shape index (κ1) is 17.2. The van der Waals surface area contributed by atoms with Crippen LogP contribution in [0.4, 0.5) is 0 Å². The molecule has 2 aromatic rings. The van der Waals surface area contributed by atoms with Gasteiger partial charge < -0.3 is 0 Å². The molecule has 1 aliphatic heterocycles. The van der Waals surface area contributed by atoms with Gasteiger partial charge in [-0.3, -0.25) is 9.80 Å². The van der Waals surface area contributed by atoms with Crippen LogP contribution in [0, 0.1) is 5.92 Å². The van der Waals surface area contributed by atoms with Crippen LogP contribution in [0.3, 0.4) is 0 Å². The molecule has 3 rings (SSSR count). The molecule has 0 unspecified atom stereocenters. The van der Waals surface area contributed by atoms with Gasteiger partial charge in [-0.1, -0.05) is 81.4 Å². The van der Waals surface area contributed by atoms with Crippen molar-refractivity contribution in [1.29, 1.82) is 0 Å². The van der Waals surface area contributed by atoms with Gasteiger partial charge in [0, 0.05) is 25.7 Å². The Labute approximate surface area is 147 Å². The van der Waals surface area contributed by atoms with E-state index < -0.39 is 0 Å². The van der Waals surface area contributed by atoms with Crippen molar-refractivity contribution < 1.29 is 0 Å². The van der Waals surface area contributed by atoms with Gasteiger partial charge in [0.15, 0.2) is 0 Å². The largest absolute Gasteiger partial charge is 0.298 e. The van der Waals surface area contributed by atoms with E-state index in [4.69, 9.17) is 0 Å². The second-order valence-electron chi connectivity index (χ2n) is 7.16. The van der Waals surface area contributed by atoms with Gasteiger partial charge in [0.2, 0.25) is 0 Å². The van der Waals surface area contributed by atoms with Crippen LogP contribution in [-0.2, 0) is 0 Å². The molecule has 24 heavy (non-hydrogen) atoms. The molecule has 1 aliphatic rings. The highest BCUT2D eigenvalue weighted by molar-refractivity contribution is 5.32. The fourth-order valence-corrected chi connectivity index (χ4v) is 4.01. The average Bonchev–Trinajstić information content (AvgIpc) is 2.63. The predicted octanol–water partition coefficient (Wildman–Crippen LogP) is 4.44. The molecule has 0 spiro atoms. The number of likely N-dealkylation sites (N-methyl/N-ethyl adjacent to an activating group) is 1. The number of piperazine rings is 1. The van der Waals surface area contributed by atoms with Crippen molar-refractivity contribution in [3.63, 3.8) is 0 Å². The Morgan fingerprint density at radius 2 is 1.42 bits per heavy atom. The second kappa shape index (κ2) is 7.96. The van der Waals surface area contributed by atoms with Crippen LogP contribution in [0.15, 0.2) is 60.7 Å². The zero-order valence-electron chi connectivity index (χ0n) is 15.2. The predicted molar refractivity (Wildman–Crippen MR) is 102 cm³/mol. The summed E-state index contributed by atoms with van der Waals surface area (Å²) in [6, 6.07) is 22.9. The lowest BCUT2D eigenvalue weighted by atomic mass is 9.93. The van der Waals surface area contributed by atoms with Gasteiger partial charge in [0.05, 0.1) is 6.04 Å². The van der Waals surface area contributed by atoms with E-state index in [1.54, 1.807) is 0 Å². The Bertz CT molecular complexity index is 569. The van der Waals surface area contributed by atoms with E-state index in [0.717, 1.165) is 26.2 Å². The van der Waals surface area contributed by atoms with E-state index in [2.05, 4.69) is 91.2 Å². The van der Waals surface area contributed by atoms with E-state index in [1.165, 1.54) is 11.1 Å². The van der Waals surface area contributed by atoms with Crippen LogP contribution in [-0.4, -0.2) is 42.0 Å². The summed E-state index contributed by atoms with van der Waals surface area (Å²) in [4.78, 5) is 5.33. The Morgan fingerprint density at radius 3 is 1.88 bits per heavy atom. The summed E-state index contributed by atoms with van der Waals surface area (Å²) >= 11 is 0. The van der Waals surface area contributed by atoms with Crippen molar-refractivity contribution >= 4 is 0 Å². The number of rotatable bonds is 5. The molecule has 0 amide bonds. The molecule has 2 aromatic carbocycles. The van der Waals surface area contributed by atoms with Crippen molar-refractivity contribution in [2.24, 2.45) is 5.92 Å². The minimum atomic E-state index is 0.354. The quantitative estimate of drug-likeness (QED) is 0.803. The van der Waals surface area contributed by atoms with Crippen molar-refractivity contribution in [2.75, 3.05) is 26.2 Å². The molecule has 0 aliphatic carbocycles. The van der Waals surface area contributed by atoms with E-state index in [1.807, 2.05) is 0 Å². The Hall–Kier alpha value is -1.64. The number of nitrogens with zero attached hydrogens (tertiary/aromatic N) is 2. The smallest absolute Gasteiger partial charge is 0.0602 e. The van der Waals surface area contributed by atoms with Gasteiger partial charge in [0.25, 0.3) is 0 Å². The summed E-state index contributed by atoms with van der Waals surface area (Å²) in [7, 11) is 0. The summed E-state index contributed by atoms with van der Waals surface area (Å²) in [6.45, 7) is 11.6. The van der Waals surface area contributed by atoms with Crippen LogP contribution in [0.5, 0.6) is 0 Å². The van der Waals surface area contributed by atoms with E-state index >= 15 is 0 Å². The molecule has 2 nitrogen and oxygen atoms in total.